The minimum absolute atomic E-state index is 0.0979. The quantitative estimate of drug-likeness (QED) is 0.789. The molecule has 1 saturated carbocycles. The lowest BCUT2D eigenvalue weighted by Gasteiger charge is -2.26. The average molecular weight is 268 g/mol. The molecule has 3 nitrogen and oxygen atoms in total. The zero-order chi connectivity index (χ0) is 14.0. The highest BCUT2D eigenvalue weighted by Crippen LogP contribution is 2.36. The second-order valence-electron chi connectivity index (χ2n) is 4.48. The number of nitriles is 1. The normalized spacial score (nSPS) is 14.8. The van der Waals surface area contributed by atoms with E-state index in [9.17, 15) is 18.0 Å². The van der Waals surface area contributed by atoms with Gasteiger partial charge in [-0.1, -0.05) is 0 Å². The van der Waals surface area contributed by atoms with Gasteiger partial charge in [0.25, 0.3) is 0 Å². The highest BCUT2D eigenvalue weighted by molar-refractivity contribution is 5.78. The van der Waals surface area contributed by atoms with Crippen LogP contribution in [0.5, 0.6) is 0 Å². The van der Waals surface area contributed by atoms with Crippen LogP contribution in [0.3, 0.4) is 0 Å². The van der Waals surface area contributed by atoms with Crippen LogP contribution in [0.4, 0.5) is 18.9 Å². The third-order valence-corrected chi connectivity index (χ3v) is 2.92. The number of hydrogen-bond acceptors (Lipinski definition) is 3. The van der Waals surface area contributed by atoms with Gasteiger partial charge in [-0.2, -0.15) is 18.4 Å². The summed E-state index contributed by atoms with van der Waals surface area (Å²) in [6.45, 7) is -1.08. The minimum atomic E-state index is -4.32. The van der Waals surface area contributed by atoms with Gasteiger partial charge in [0.2, 0.25) is 0 Å². The van der Waals surface area contributed by atoms with Crippen LogP contribution >= 0.6 is 0 Å². The van der Waals surface area contributed by atoms with E-state index in [-0.39, 0.29) is 22.9 Å². The molecule has 0 atom stereocenters. The maximum atomic E-state index is 12.6. The van der Waals surface area contributed by atoms with Gasteiger partial charge in [0.1, 0.15) is 18.9 Å². The van der Waals surface area contributed by atoms with E-state index in [0.29, 0.717) is 19.1 Å². The Morgan fingerprint density at radius 2 is 2.11 bits per heavy atom. The van der Waals surface area contributed by atoms with E-state index in [1.165, 1.54) is 23.1 Å². The lowest BCUT2D eigenvalue weighted by atomic mass is 10.1. The highest BCUT2D eigenvalue weighted by Gasteiger charge is 2.38. The van der Waals surface area contributed by atoms with Crippen molar-refractivity contribution in [1.82, 2.24) is 0 Å². The van der Waals surface area contributed by atoms with Crippen molar-refractivity contribution in [3.05, 3.63) is 29.3 Å². The van der Waals surface area contributed by atoms with Crippen molar-refractivity contribution in [3.63, 3.8) is 0 Å². The van der Waals surface area contributed by atoms with E-state index >= 15 is 0 Å². The van der Waals surface area contributed by atoms with Gasteiger partial charge in [0.05, 0.1) is 11.3 Å². The number of carbonyl (C=O) groups excluding carboxylic acids is 1. The molecule has 2 rings (SSSR count). The van der Waals surface area contributed by atoms with E-state index in [2.05, 4.69) is 0 Å². The second kappa shape index (κ2) is 4.92. The zero-order valence-corrected chi connectivity index (χ0v) is 9.94. The van der Waals surface area contributed by atoms with Gasteiger partial charge < -0.3 is 4.90 Å². The fourth-order valence-corrected chi connectivity index (χ4v) is 1.96. The maximum Gasteiger partial charge on any atom is 0.405 e. The van der Waals surface area contributed by atoms with Crippen LogP contribution in [0.2, 0.25) is 0 Å². The Morgan fingerprint density at radius 1 is 1.42 bits per heavy atom. The van der Waals surface area contributed by atoms with Crippen LogP contribution < -0.4 is 4.90 Å². The van der Waals surface area contributed by atoms with E-state index in [1.807, 2.05) is 6.07 Å². The SMILES string of the molecule is N#Cc1cc(C=O)ccc1N(CC(F)(F)F)C1CC1. The third-order valence-electron chi connectivity index (χ3n) is 2.92. The first-order chi connectivity index (χ1) is 8.94. The fraction of sp³-hybridized carbons (Fsp3) is 0.385. The monoisotopic (exact) mass is 268 g/mol. The largest absolute Gasteiger partial charge is 0.405 e. The van der Waals surface area contributed by atoms with Crippen molar-refractivity contribution in [2.24, 2.45) is 0 Å². The second-order valence-corrected chi connectivity index (χ2v) is 4.48. The van der Waals surface area contributed by atoms with Gasteiger partial charge >= 0.3 is 6.18 Å². The summed E-state index contributed by atoms with van der Waals surface area (Å²) in [6.07, 6.45) is -2.37. The van der Waals surface area contributed by atoms with Crippen molar-refractivity contribution in [1.29, 1.82) is 5.26 Å². The molecule has 1 aliphatic rings. The summed E-state index contributed by atoms with van der Waals surface area (Å²) in [7, 11) is 0. The molecule has 1 aliphatic carbocycles. The van der Waals surface area contributed by atoms with Crippen LogP contribution in [0.15, 0.2) is 18.2 Å². The Balaban J connectivity index is 2.36. The molecule has 1 aromatic carbocycles. The first kappa shape index (κ1) is 13.4. The maximum absolute atomic E-state index is 12.6. The van der Waals surface area contributed by atoms with E-state index in [4.69, 9.17) is 5.26 Å². The Labute approximate surface area is 108 Å². The van der Waals surface area contributed by atoms with Crippen LogP contribution in [0.1, 0.15) is 28.8 Å². The number of benzene rings is 1. The summed E-state index contributed by atoms with van der Waals surface area (Å²) in [5.41, 5.74) is 0.622. The summed E-state index contributed by atoms with van der Waals surface area (Å²) in [4.78, 5) is 11.8. The van der Waals surface area contributed by atoms with Gasteiger partial charge in [-0.3, -0.25) is 4.79 Å². The molecule has 6 heteroatoms. The minimum Gasteiger partial charge on any atom is -0.358 e. The molecule has 0 N–H and O–H groups in total. The van der Waals surface area contributed by atoms with Crippen molar-refractivity contribution >= 4 is 12.0 Å². The van der Waals surface area contributed by atoms with Gasteiger partial charge in [0.15, 0.2) is 0 Å². The molecule has 0 bridgehead atoms. The van der Waals surface area contributed by atoms with Crippen LogP contribution in [0.25, 0.3) is 0 Å². The molecular formula is C13H11F3N2O. The first-order valence-electron chi connectivity index (χ1n) is 5.77. The van der Waals surface area contributed by atoms with Gasteiger partial charge in [-0.15, -0.1) is 0 Å². The van der Waals surface area contributed by atoms with E-state index in [0.717, 1.165) is 0 Å². The van der Waals surface area contributed by atoms with Crippen molar-refractivity contribution < 1.29 is 18.0 Å². The van der Waals surface area contributed by atoms with Gasteiger partial charge in [-0.25, -0.2) is 0 Å². The molecule has 100 valence electrons. The molecule has 0 radical (unpaired) electrons. The van der Waals surface area contributed by atoms with E-state index < -0.39 is 12.7 Å². The fourth-order valence-electron chi connectivity index (χ4n) is 1.96. The first-order valence-corrected chi connectivity index (χ1v) is 5.77. The smallest absolute Gasteiger partial charge is 0.358 e. The Kier molecular flexibility index (Phi) is 3.47. The summed E-state index contributed by atoms with van der Waals surface area (Å²) in [6, 6.07) is 5.83. The lowest BCUT2D eigenvalue weighted by molar-refractivity contribution is -0.120. The molecule has 0 spiro atoms. The van der Waals surface area contributed by atoms with Gasteiger partial charge in [0, 0.05) is 11.6 Å². The molecule has 0 heterocycles. The summed E-state index contributed by atoms with van der Waals surface area (Å²) >= 11 is 0. The summed E-state index contributed by atoms with van der Waals surface area (Å²) < 4.78 is 37.7. The molecule has 0 amide bonds. The number of anilines is 1. The average Bonchev–Trinajstić information content (AvgIpc) is 3.18. The standard InChI is InChI=1S/C13H11F3N2O/c14-13(15,16)8-18(11-2-3-11)12-4-1-9(7-19)5-10(12)6-17/h1,4-5,7,11H,2-3,8H2. The summed E-state index contributed by atoms with van der Waals surface area (Å²) in [5, 5.41) is 9.01. The van der Waals surface area contributed by atoms with Gasteiger partial charge in [-0.05, 0) is 31.0 Å². The molecule has 0 aliphatic heterocycles. The molecule has 1 aromatic rings. The number of aldehydes is 1. The third kappa shape index (κ3) is 3.25. The number of halogens is 3. The van der Waals surface area contributed by atoms with Crippen LogP contribution in [-0.4, -0.2) is 25.0 Å². The Bertz CT molecular complexity index is 530. The number of hydrogen-bond donors (Lipinski definition) is 0. The predicted octanol–water partition coefficient (Wildman–Crippen LogP) is 2.90. The van der Waals surface area contributed by atoms with Crippen molar-refractivity contribution in [2.75, 3.05) is 11.4 Å². The number of alkyl halides is 3. The zero-order valence-electron chi connectivity index (χ0n) is 9.94. The highest BCUT2D eigenvalue weighted by atomic mass is 19.4. The number of carbonyl (C=O) groups is 1. The topological polar surface area (TPSA) is 44.1 Å². The molecule has 0 unspecified atom stereocenters. The molecule has 19 heavy (non-hydrogen) atoms. The van der Waals surface area contributed by atoms with Crippen molar-refractivity contribution in [2.45, 2.75) is 25.1 Å². The molecule has 1 fully saturated rings. The predicted molar refractivity (Wildman–Crippen MR) is 63.0 cm³/mol. The number of nitrogens with zero attached hydrogens (tertiary/aromatic N) is 2. The molecule has 0 saturated heterocycles. The van der Waals surface area contributed by atoms with Crippen molar-refractivity contribution in [3.8, 4) is 6.07 Å². The molecule has 0 aromatic heterocycles. The van der Waals surface area contributed by atoms with E-state index in [1.54, 1.807) is 0 Å². The Morgan fingerprint density at radius 3 is 2.58 bits per heavy atom. The number of rotatable bonds is 4. The lowest BCUT2D eigenvalue weighted by Crippen LogP contribution is -2.36. The Hall–Kier alpha value is -2.03. The summed E-state index contributed by atoms with van der Waals surface area (Å²) in [5.74, 6) is 0. The van der Waals surface area contributed by atoms with Crippen LogP contribution in [-0.2, 0) is 0 Å². The van der Waals surface area contributed by atoms with Crippen LogP contribution in [0, 0.1) is 11.3 Å². The molecular weight excluding hydrogens is 257 g/mol.